The smallest absolute Gasteiger partial charge is 0.335 e. The molecule has 0 unspecified atom stereocenters. The van der Waals surface area contributed by atoms with Crippen molar-refractivity contribution in [2.24, 2.45) is 5.10 Å². The second kappa shape index (κ2) is 7.95. The fourth-order valence-corrected chi connectivity index (χ4v) is 3.34. The Kier molecular flexibility index (Phi) is 5.15. The number of aromatic carboxylic acids is 1. The average Bonchev–Trinajstić information content (AvgIpc) is 3.34. The predicted octanol–water partition coefficient (Wildman–Crippen LogP) is 4.67. The first-order chi connectivity index (χ1) is 15.2. The Labute approximate surface area is 182 Å². The number of hydrogen-bond acceptors (Lipinski definition) is 6. The molecule has 32 heavy (non-hydrogen) atoms. The molecule has 9 nitrogen and oxygen atoms in total. The third-order valence-electron chi connectivity index (χ3n) is 5.01. The third-order valence-corrected chi connectivity index (χ3v) is 5.01. The van der Waals surface area contributed by atoms with Crippen molar-refractivity contribution >= 4 is 35.0 Å². The first kappa shape index (κ1) is 20.7. The molecule has 1 amide bonds. The number of non-ortho nitro benzene ring substituents is 1. The van der Waals surface area contributed by atoms with Gasteiger partial charge in [0.25, 0.3) is 11.6 Å². The second-order valence-corrected chi connectivity index (χ2v) is 7.17. The Morgan fingerprint density at radius 2 is 1.94 bits per heavy atom. The molecule has 4 rings (SSSR count). The molecule has 1 aliphatic heterocycles. The van der Waals surface area contributed by atoms with Gasteiger partial charge in [-0.25, -0.2) is 4.79 Å². The van der Waals surface area contributed by atoms with Crippen LogP contribution in [0.4, 0.5) is 11.4 Å². The Morgan fingerprint density at radius 1 is 1.16 bits per heavy atom. The van der Waals surface area contributed by atoms with Crippen LogP contribution in [0.1, 0.15) is 28.6 Å². The van der Waals surface area contributed by atoms with Crippen molar-refractivity contribution in [2.75, 3.05) is 5.01 Å². The number of furan rings is 1. The van der Waals surface area contributed by atoms with E-state index in [1.165, 1.54) is 24.3 Å². The minimum atomic E-state index is -1.10. The SMILES string of the molecule is CC1=NN(c2cccc(C(=O)O)c2)C(=O)C1=Cc1ccc(-c2cc([N+](=O)[O-])ccc2C)o1. The molecule has 0 atom stereocenters. The van der Waals surface area contributed by atoms with Crippen LogP contribution in [-0.4, -0.2) is 27.6 Å². The van der Waals surface area contributed by atoms with Gasteiger partial charge in [-0.3, -0.25) is 14.9 Å². The van der Waals surface area contributed by atoms with E-state index in [4.69, 9.17) is 4.42 Å². The molecular formula is C23H17N3O6. The molecule has 0 bridgehead atoms. The molecule has 1 N–H and O–H groups in total. The number of benzene rings is 2. The summed E-state index contributed by atoms with van der Waals surface area (Å²) < 4.78 is 5.83. The zero-order valence-electron chi connectivity index (χ0n) is 17.1. The molecule has 0 aliphatic carbocycles. The van der Waals surface area contributed by atoms with Crippen LogP contribution >= 0.6 is 0 Å². The number of hydrazone groups is 1. The van der Waals surface area contributed by atoms with Crippen LogP contribution in [-0.2, 0) is 4.79 Å². The van der Waals surface area contributed by atoms with Crippen molar-refractivity contribution in [2.45, 2.75) is 13.8 Å². The number of nitrogens with zero attached hydrogens (tertiary/aromatic N) is 3. The van der Waals surface area contributed by atoms with Crippen molar-refractivity contribution in [3.05, 3.63) is 87.2 Å². The maximum absolute atomic E-state index is 12.9. The molecule has 0 spiro atoms. The van der Waals surface area contributed by atoms with Crippen LogP contribution < -0.4 is 5.01 Å². The highest BCUT2D eigenvalue weighted by Gasteiger charge is 2.29. The highest BCUT2D eigenvalue weighted by molar-refractivity contribution is 6.32. The average molecular weight is 431 g/mol. The molecule has 2 aromatic carbocycles. The number of carbonyl (C=O) groups is 2. The monoisotopic (exact) mass is 431 g/mol. The maximum Gasteiger partial charge on any atom is 0.335 e. The highest BCUT2D eigenvalue weighted by Crippen LogP contribution is 2.31. The molecule has 0 saturated carbocycles. The van der Waals surface area contributed by atoms with Gasteiger partial charge in [0.15, 0.2) is 0 Å². The molecule has 9 heteroatoms. The lowest BCUT2D eigenvalue weighted by Gasteiger charge is -2.12. The van der Waals surface area contributed by atoms with E-state index in [1.54, 1.807) is 43.3 Å². The molecular weight excluding hydrogens is 414 g/mol. The first-order valence-electron chi connectivity index (χ1n) is 9.55. The predicted molar refractivity (Wildman–Crippen MR) is 118 cm³/mol. The van der Waals surface area contributed by atoms with Crippen LogP contribution in [0.2, 0.25) is 0 Å². The van der Waals surface area contributed by atoms with Crippen molar-refractivity contribution in [1.82, 2.24) is 0 Å². The fraction of sp³-hybridized carbons (Fsp3) is 0.0870. The van der Waals surface area contributed by atoms with Crippen molar-refractivity contribution in [3.63, 3.8) is 0 Å². The number of aryl methyl sites for hydroxylation is 1. The summed E-state index contributed by atoms with van der Waals surface area (Å²) in [6, 6.07) is 13.8. The summed E-state index contributed by atoms with van der Waals surface area (Å²) in [5.74, 6) is -0.710. The Hall–Kier alpha value is -4.53. The first-order valence-corrected chi connectivity index (χ1v) is 9.55. The number of carboxylic acids is 1. The van der Waals surface area contributed by atoms with Gasteiger partial charge in [0, 0.05) is 17.7 Å². The number of rotatable bonds is 5. The van der Waals surface area contributed by atoms with E-state index in [0.29, 0.717) is 34.1 Å². The molecule has 160 valence electrons. The van der Waals surface area contributed by atoms with Crippen LogP contribution in [0.25, 0.3) is 17.4 Å². The highest BCUT2D eigenvalue weighted by atomic mass is 16.6. The number of carbonyl (C=O) groups excluding carboxylic acids is 1. The van der Waals surface area contributed by atoms with Gasteiger partial charge in [0.1, 0.15) is 11.5 Å². The quantitative estimate of drug-likeness (QED) is 0.355. The zero-order valence-corrected chi connectivity index (χ0v) is 17.1. The van der Waals surface area contributed by atoms with E-state index < -0.39 is 16.8 Å². The zero-order chi connectivity index (χ0) is 23.0. The van der Waals surface area contributed by atoms with Gasteiger partial charge in [0.2, 0.25) is 0 Å². The lowest BCUT2D eigenvalue weighted by molar-refractivity contribution is -0.384. The van der Waals surface area contributed by atoms with E-state index in [0.717, 1.165) is 10.6 Å². The summed E-state index contributed by atoms with van der Waals surface area (Å²) >= 11 is 0. The summed E-state index contributed by atoms with van der Waals surface area (Å²) in [6.07, 6.45) is 1.54. The molecule has 0 saturated heterocycles. The van der Waals surface area contributed by atoms with Crippen LogP contribution in [0.3, 0.4) is 0 Å². The van der Waals surface area contributed by atoms with Crippen molar-refractivity contribution < 1.29 is 24.0 Å². The summed E-state index contributed by atoms with van der Waals surface area (Å²) in [7, 11) is 0. The van der Waals surface area contributed by atoms with Crippen molar-refractivity contribution in [1.29, 1.82) is 0 Å². The number of nitro benzene ring substituents is 1. The molecule has 0 radical (unpaired) electrons. The largest absolute Gasteiger partial charge is 0.478 e. The van der Waals surface area contributed by atoms with E-state index in [9.17, 15) is 24.8 Å². The molecule has 0 fully saturated rings. The van der Waals surface area contributed by atoms with Gasteiger partial charge in [-0.2, -0.15) is 10.1 Å². The Bertz CT molecular complexity index is 1340. The van der Waals surface area contributed by atoms with Gasteiger partial charge >= 0.3 is 5.97 Å². The Morgan fingerprint density at radius 3 is 2.66 bits per heavy atom. The van der Waals surface area contributed by atoms with Gasteiger partial charge in [0.05, 0.1) is 27.5 Å². The minimum absolute atomic E-state index is 0.0450. The van der Waals surface area contributed by atoms with E-state index in [1.807, 2.05) is 6.92 Å². The fourth-order valence-electron chi connectivity index (χ4n) is 3.34. The lowest BCUT2D eigenvalue weighted by atomic mass is 10.1. The number of amides is 1. The molecule has 1 aromatic heterocycles. The second-order valence-electron chi connectivity index (χ2n) is 7.17. The summed E-state index contributed by atoms with van der Waals surface area (Å²) in [4.78, 5) is 34.8. The van der Waals surface area contributed by atoms with Crippen LogP contribution in [0.5, 0.6) is 0 Å². The summed E-state index contributed by atoms with van der Waals surface area (Å²) in [5.41, 5.74) is 2.47. The van der Waals surface area contributed by atoms with Gasteiger partial charge in [-0.05, 0) is 55.8 Å². The van der Waals surface area contributed by atoms with Crippen LogP contribution in [0, 0.1) is 17.0 Å². The normalized spacial score (nSPS) is 14.7. The van der Waals surface area contributed by atoms with Gasteiger partial charge < -0.3 is 9.52 Å². The summed E-state index contributed by atoms with van der Waals surface area (Å²) in [6.45, 7) is 3.49. The number of anilines is 1. The van der Waals surface area contributed by atoms with Crippen LogP contribution in [0.15, 0.2) is 69.7 Å². The van der Waals surface area contributed by atoms with E-state index >= 15 is 0 Å². The lowest BCUT2D eigenvalue weighted by Crippen LogP contribution is -2.21. The minimum Gasteiger partial charge on any atom is -0.478 e. The molecule has 2 heterocycles. The topological polar surface area (TPSA) is 126 Å². The van der Waals surface area contributed by atoms with Crippen molar-refractivity contribution in [3.8, 4) is 11.3 Å². The van der Waals surface area contributed by atoms with Gasteiger partial charge in [-0.15, -0.1) is 0 Å². The number of carboxylic acid groups (broad SMARTS) is 1. The summed E-state index contributed by atoms with van der Waals surface area (Å²) in [5, 5.41) is 25.7. The van der Waals surface area contributed by atoms with Gasteiger partial charge in [-0.1, -0.05) is 12.1 Å². The molecule has 3 aromatic rings. The number of hydrogen-bond donors (Lipinski definition) is 1. The van der Waals surface area contributed by atoms with E-state index in [-0.39, 0.29) is 11.3 Å². The number of nitro groups is 1. The standard InChI is InChI=1S/C23H17N3O6/c1-13-6-7-17(26(30)31)11-19(13)21-9-8-18(32-21)12-20-14(2)24-25(22(20)27)16-5-3-4-15(10-16)23(28)29/h3-12H,1-2H3,(H,28,29). The van der Waals surface area contributed by atoms with E-state index in [2.05, 4.69) is 5.10 Å². The molecule has 1 aliphatic rings. The third kappa shape index (κ3) is 3.79. The maximum atomic E-state index is 12.9. The Balaban J connectivity index is 1.64.